The molecule has 0 amide bonds. The van der Waals surface area contributed by atoms with E-state index < -0.39 is 0 Å². The lowest BCUT2D eigenvalue weighted by Crippen LogP contribution is -2.36. The summed E-state index contributed by atoms with van der Waals surface area (Å²) in [5.41, 5.74) is 0. The van der Waals surface area contributed by atoms with Gasteiger partial charge < -0.3 is 10.0 Å². The molecule has 0 saturated carbocycles. The van der Waals surface area contributed by atoms with Crippen LogP contribution >= 0.6 is 12.4 Å². The summed E-state index contributed by atoms with van der Waals surface area (Å²) < 4.78 is 0. The number of anilines is 1. The minimum Gasteiger partial charge on any atom is -0.393 e. The number of nitrogens with zero attached hydrogens (tertiary/aromatic N) is 3. The van der Waals surface area contributed by atoms with Gasteiger partial charge in [0.05, 0.1) is 12.3 Å². The molecule has 5 heteroatoms. The summed E-state index contributed by atoms with van der Waals surface area (Å²) in [6.45, 7) is 1.70. The largest absolute Gasteiger partial charge is 0.393 e. The van der Waals surface area contributed by atoms with Crippen LogP contribution in [-0.2, 0) is 0 Å². The number of piperidine rings is 1. The van der Waals surface area contributed by atoms with Crippen molar-refractivity contribution in [3.8, 4) is 0 Å². The van der Waals surface area contributed by atoms with Crippen LogP contribution in [0.25, 0.3) is 10.8 Å². The highest BCUT2D eigenvalue weighted by Crippen LogP contribution is 2.25. The van der Waals surface area contributed by atoms with E-state index in [1.807, 2.05) is 18.2 Å². The molecule has 1 fully saturated rings. The summed E-state index contributed by atoms with van der Waals surface area (Å²) in [5, 5.41) is 20.1. The van der Waals surface area contributed by atoms with Gasteiger partial charge >= 0.3 is 0 Å². The summed E-state index contributed by atoms with van der Waals surface area (Å²) in [4.78, 5) is 2.21. The minimum atomic E-state index is -0.158. The lowest BCUT2D eigenvalue weighted by molar-refractivity contribution is 0.145. The van der Waals surface area contributed by atoms with Crippen LogP contribution in [0.4, 0.5) is 5.82 Å². The summed E-state index contributed by atoms with van der Waals surface area (Å²) in [6.07, 6.45) is 3.25. The highest BCUT2D eigenvalue weighted by Gasteiger charge is 2.19. The van der Waals surface area contributed by atoms with Gasteiger partial charge in [0, 0.05) is 23.9 Å². The first kappa shape index (κ1) is 13.1. The van der Waals surface area contributed by atoms with Crippen LogP contribution in [0.5, 0.6) is 0 Å². The zero-order valence-corrected chi connectivity index (χ0v) is 10.8. The van der Waals surface area contributed by atoms with E-state index >= 15 is 0 Å². The fourth-order valence-corrected chi connectivity index (χ4v) is 2.32. The van der Waals surface area contributed by atoms with Gasteiger partial charge in [-0.05, 0) is 12.8 Å². The van der Waals surface area contributed by atoms with Gasteiger partial charge in [0.2, 0.25) is 0 Å². The molecule has 0 atom stereocenters. The molecular formula is C13H16ClN3O. The number of aromatic nitrogens is 2. The standard InChI is InChI=1S/C13H15N3O.ClH/c17-11-5-7-16(8-6-11)13-12-4-2-1-3-10(12)9-14-15-13;/h1-4,9,11,17H,5-8H2;1H. The van der Waals surface area contributed by atoms with E-state index in [1.165, 1.54) is 0 Å². The molecule has 1 aromatic carbocycles. The first-order valence-electron chi connectivity index (χ1n) is 5.98. The second kappa shape index (κ2) is 5.50. The number of hydrogen-bond donors (Lipinski definition) is 1. The van der Waals surface area contributed by atoms with Crippen molar-refractivity contribution in [3.05, 3.63) is 30.5 Å². The fraction of sp³-hybridized carbons (Fsp3) is 0.385. The Kier molecular flexibility index (Phi) is 3.99. The molecule has 0 spiro atoms. The Hall–Kier alpha value is -1.39. The highest BCUT2D eigenvalue weighted by atomic mass is 35.5. The number of fused-ring (bicyclic) bond motifs is 1. The van der Waals surface area contributed by atoms with Crippen molar-refractivity contribution in [1.82, 2.24) is 10.2 Å². The summed E-state index contributed by atoms with van der Waals surface area (Å²) in [6, 6.07) is 8.15. The van der Waals surface area contributed by atoms with Crippen LogP contribution < -0.4 is 4.90 Å². The quantitative estimate of drug-likeness (QED) is 0.857. The molecule has 1 saturated heterocycles. The Morgan fingerprint density at radius 1 is 1.17 bits per heavy atom. The molecule has 3 rings (SSSR count). The molecular weight excluding hydrogens is 250 g/mol. The summed E-state index contributed by atoms with van der Waals surface area (Å²) in [5.74, 6) is 0.940. The smallest absolute Gasteiger partial charge is 0.159 e. The predicted octanol–water partition coefficient (Wildman–Crippen LogP) is 2.01. The zero-order chi connectivity index (χ0) is 11.7. The molecule has 1 aliphatic heterocycles. The normalized spacial score (nSPS) is 16.6. The third-order valence-corrected chi connectivity index (χ3v) is 3.31. The maximum Gasteiger partial charge on any atom is 0.159 e. The second-order valence-corrected chi connectivity index (χ2v) is 4.47. The first-order valence-corrected chi connectivity index (χ1v) is 5.98. The average Bonchev–Trinajstić information content (AvgIpc) is 2.39. The lowest BCUT2D eigenvalue weighted by Gasteiger charge is -2.30. The van der Waals surface area contributed by atoms with E-state index in [-0.39, 0.29) is 18.5 Å². The van der Waals surface area contributed by atoms with Crippen LogP contribution in [-0.4, -0.2) is 34.5 Å². The van der Waals surface area contributed by atoms with Crippen molar-refractivity contribution in [1.29, 1.82) is 0 Å². The fourth-order valence-electron chi connectivity index (χ4n) is 2.32. The molecule has 1 N–H and O–H groups in total. The molecule has 18 heavy (non-hydrogen) atoms. The summed E-state index contributed by atoms with van der Waals surface area (Å²) >= 11 is 0. The molecule has 96 valence electrons. The Morgan fingerprint density at radius 3 is 2.67 bits per heavy atom. The van der Waals surface area contributed by atoms with Crippen molar-refractivity contribution in [2.45, 2.75) is 18.9 Å². The lowest BCUT2D eigenvalue weighted by atomic mass is 10.1. The summed E-state index contributed by atoms with van der Waals surface area (Å²) in [7, 11) is 0. The van der Waals surface area contributed by atoms with E-state index in [0.29, 0.717) is 0 Å². The van der Waals surface area contributed by atoms with E-state index in [2.05, 4.69) is 21.2 Å². The molecule has 4 nitrogen and oxygen atoms in total. The van der Waals surface area contributed by atoms with Crippen molar-refractivity contribution < 1.29 is 5.11 Å². The van der Waals surface area contributed by atoms with Crippen LogP contribution in [0.3, 0.4) is 0 Å². The number of hydrogen-bond acceptors (Lipinski definition) is 4. The van der Waals surface area contributed by atoms with Gasteiger partial charge in [-0.2, -0.15) is 5.10 Å². The van der Waals surface area contributed by atoms with Gasteiger partial charge in [-0.1, -0.05) is 24.3 Å². The maximum absolute atomic E-state index is 9.52. The zero-order valence-electron chi connectivity index (χ0n) is 9.99. The van der Waals surface area contributed by atoms with Gasteiger partial charge in [-0.15, -0.1) is 17.5 Å². The molecule has 0 bridgehead atoms. The SMILES string of the molecule is Cl.OC1CCN(c2nncc3ccccc23)CC1. The number of benzene rings is 1. The Labute approximate surface area is 112 Å². The van der Waals surface area contributed by atoms with Gasteiger partial charge in [0.15, 0.2) is 5.82 Å². The van der Waals surface area contributed by atoms with Crippen molar-refractivity contribution in [3.63, 3.8) is 0 Å². The van der Waals surface area contributed by atoms with Crippen LogP contribution in [0.2, 0.25) is 0 Å². The molecule has 1 aliphatic rings. The van der Waals surface area contributed by atoms with Crippen molar-refractivity contribution >= 4 is 29.0 Å². The van der Waals surface area contributed by atoms with Gasteiger partial charge in [0.25, 0.3) is 0 Å². The number of aliphatic hydroxyl groups excluding tert-OH is 1. The number of aliphatic hydroxyl groups is 1. The maximum atomic E-state index is 9.52. The third kappa shape index (κ3) is 2.40. The molecule has 2 aromatic rings. The minimum absolute atomic E-state index is 0. The van der Waals surface area contributed by atoms with E-state index in [1.54, 1.807) is 6.20 Å². The van der Waals surface area contributed by atoms with Gasteiger partial charge in [-0.25, -0.2) is 0 Å². The molecule has 0 unspecified atom stereocenters. The molecule has 2 heterocycles. The third-order valence-electron chi connectivity index (χ3n) is 3.31. The van der Waals surface area contributed by atoms with E-state index in [9.17, 15) is 5.11 Å². The van der Waals surface area contributed by atoms with Gasteiger partial charge in [0.1, 0.15) is 0 Å². The predicted molar refractivity (Wildman–Crippen MR) is 74.2 cm³/mol. The molecule has 0 aliphatic carbocycles. The topological polar surface area (TPSA) is 49.2 Å². The Morgan fingerprint density at radius 2 is 1.89 bits per heavy atom. The average molecular weight is 266 g/mol. The highest BCUT2D eigenvalue weighted by molar-refractivity contribution is 5.91. The molecule has 0 radical (unpaired) electrons. The Balaban J connectivity index is 0.00000120. The second-order valence-electron chi connectivity index (χ2n) is 4.47. The van der Waals surface area contributed by atoms with Crippen molar-refractivity contribution in [2.75, 3.05) is 18.0 Å². The van der Waals surface area contributed by atoms with Crippen molar-refractivity contribution in [2.24, 2.45) is 0 Å². The van der Waals surface area contributed by atoms with E-state index in [4.69, 9.17) is 0 Å². The number of rotatable bonds is 1. The number of halogens is 1. The first-order chi connectivity index (χ1) is 8.34. The van der Waals surface area contributed by atoms with Crippen LogP contribution in [0.1, 0.15) is 12.8 Å². The monoisotopic (exact) mass is 265 g/mol. The Bertz CT molecular complexity index is 521. The van der Waals surface area contributed by atoms with Crippen LogP contribution in [0, 0.1) is 0 Å². The molecule has 1 aromatic heterocycles. The van der Waals surface area contributed by atoms with Crippen LogP contribution in [0.15, 0.2) is 30.5 Å². The van der Waals surface area contributed by atoms with E-state index in [0.717, 1.165) is 42.5 Å². The van der Waals surface area contributed by atoms with Gasteiger partial charge in [-0.3, -0.25) is 0 Å².